The van der Waals surface area contributed by atoms with Crippen LogP contribution in [0.1, 0.15) is 25.7 Å². The third kappa shape index (κ3) is 3.82. The SMILES string of the molecule is O=C(Cn1ncc(NCC2CC2)cc1=O)NCC1CC1. The Kier molecular flexibility index (Phi) is 3.71. The van der Waals surface area contributed by atoms with Crippen LogP contribution in [0.25, 0.3) is 0 Å². The van der Waals surface area contributed by atoms with Gasteiger partial charge in [-0.05, 0) is 37.5 Å². The maximum Gasteiger partial charge on any atom is 0.269 e. The normalized spacial score (nSPS) is 17.8. The molecule has 0 radical (unpaired) electrons. The van der Waals surface area contributed by atoms with Crippen LogP contribution in [0.5, 0.6) is 0 Å². The highest BCUT2D eigenvalue weighted by Gasteiger charge is 2.22. The lowest BCUT2D eigenvalue weighted by Crippen LogP contribution is -2.34. The van der Waals surface area contributed by atoms with E-state index in [1.807, 2.05) is 0 Å². The van der Waals surface area contributed by atoms with Crippen molar-refractivity contribution in [3.05, 3.63) is 22.6 Å². The highest BCUT2D eigenvalue weighted by Crippen LogP contribution is 2.28. The topological polar surface area (TPSA) is 76.0 Å². The van der Waals surface area contributed by atoms with Gasteiger partial charge in [-0.15, -0.1) is 0 Å². The number of aromatic nitrogens is 2. The van der Waals surface area contributed by atoms with Crippen LogP contribution in [0.2, 0.25) is 0 Å². The molecule has 20 heavy (non-hydrogen) atoms. The molecule has 0 spiro atoms. The highest BCUT2D eigenvalue weighted by atomic mass is 16.2. The first-order chi connectivity index (χ1) is 9.70. The molecule has 1 aromatic rings. The Labute approximate surface area is 117 Å². The number of hydrogen-bond donors (Lipinski definition) is 2. The van der Waals surface area contributed by atoms with E-state index in [-0.39, 0.29) is 18.0 Å². The number of carbonyl (C=O) groups is 1. The van der Waals surface area contributed by atoms with Gasteiger partial charge in [0.25, 0.3) is 5.56 Å². The molecule has 6 nitrogen and oxygen atoms in total. The smallest absolute Gasteiger partial charge is 0.269 e. The van der Waals surface area contributed by atoms with Crippen LogP contribution in [0.15, 0.2) is 17.1 Å². The molecule has 2 aliphatic carbocycles. The molecule has 1 heterocycles. The first-order valence-electron chi connectivity index (χ1n) is 7.28. The molecule has 0 bridgehead atoms. The summed E-state index contributed by atoms with van der Waals surface area (Å²) in [6, 6.07) is 1.50. The Morgan fingerprint density at radius 1 is 1.25 bits per heavy atom. The second-order valence-electron chi connectivity index (χ2n) is 5.81. The lowest BCUT2D eigenvalue weighted by atomic mass is 10.4. The Bertz CT molecular complexity index is 546. The molecule has 2 N–H and O–H groups in total. The number of hydrogen-bond acceptors (Lipinski definition) is 4. The first-order valence-corrected chi connectivity index (χ1v) is 7.28. The number of nitrogens with zero attached hydrogens (tertiary/aromatic N) is 2. The fourth-order valence-corrected chi connectivity index (χ4v) is 2.01. The van der Waals surface area contributed by atoms with E-state index < -0.39 is 0 Å². The Balaban J connectivity index is 1.52. The molecule has 1 aromatic heterocycles. The van der Waals surface area contributed by atoms with E-state index >= 15 is 0 Å². The van der Waals surface area contributed by atoms with Gasteiger partial charge in [-0.2, -0.15) is 5.10 Å². The molecule has 2 fully saturated rings. The zero-order valence-corrected chi connectivity index (χ0v) is 11.5. The van der Waals surface area contributed by atoms with Crippen LogP contribution >= 0.6 is 0 Å². The summed E-state index contributed by atoms with van der Waals surface area (Å²) < 4.78 is 1.20. The number of nitrogens with one attached hydrogen (secondary N) is 2. The quantitative estimate of drug-likeness (QED) is 0.764. The molecule has 1 amide bonds. The van der Waals surface area contributed by atoms with Crippen molar-refractivity contribution in [2.75, 3.05) is 18.4 Å². The van der Waals surface area contributed by atoms with Gasteiger partial charge in [-0.1, -0.05) is 0 Å². The maximum atomic E-state index is 11.9. The molecule has 108 valence electrons. The van der Waals surface area contributed by atoms with Crippen molar-refractivity contribution in [1.82, 2.24) is 15.1 Å². The van der Waals surface area contributed by atoms with Crippen molar-refractivity contribution in [2.45, 2.75) is 32.2 Å². The highest BCUT2D eigenvalue weighted by molar-refractivity contribution is 5.75. The van der Waals surface area contributed by atoms with E-state index in [1.54, 1.807) is 6.20 Å². The average molecular weight is 276 g/mol. The Hall–Kier alpha value is -1.85. The van der Waals surface area contributed by atoms with Gasteiger partial charge in [0, 0.05) is 19.2 Å². The van der Waals surface area contributed by atoms with Gasteiger partial charge in [-0.25, -0.2) is 4.68 Å². The summed E-state index contributed by atoms with van der Waals surface area (Å²) in [5, 5.41) is 10.1. The van der Waals surface area contributed by atoms with Crippen LogP contribution in [0.3, 0.4) is 0 Å². The molecule has 2 aliphatic rings. The lowest BCUT2D eigenvalue weighted by molar-refractivity contribution is -0.121. The van der Waals surface area contributed by atoms with Gasteiger partial charge in [-0.3, -0.25) is 9.59 Å². The predicted molar refractivity (Wildman–Crippen MR) is 75.4 cm³/mol. The Morgan fingerprint density at radius 3 is 2.60 bits per heavy atom. The molecule has 0 atom stereocenters. The molecule has 0 aromatic carbocycles. The van der Waals surface area contributed by atoms with Crippen LogP contribution in [-0.4, -0.2) is 28.8 Å². The average Bonchev–Trinajstić information content (AvgIpc) is 3.30. The van der Waals surface area contributed by atoms with Crippen molar-refractivity contribution < 1.29 is 4.79 Å². The monoisotopic (exact) mass is 276 g/mol. The number of anilines is 1. The summed E-state index contributed by atoms with van der Waals surface area (Å²) in [6.45, 7) is 1.61. The fraction of sp³-hybridized carbons (Fsp3) is 0.643. The Morgan fingerprint density at radius 2 is 1.95 bits per heavy atom. The van der Waals surface area contributed by atoms with E-state index in [4.69, 9.17) is 0 Å². The second-order valence-corrected chi connectivity index (χ2v) is 5.81. The predicted octanol–water partition coefficient (Wildman–Crippen LogP) is 0.591. The third-order valence-corrected chi connectivity index (χ3v) is 3.74. The molecule has 2 saturated carbocycles. The summed E-state index contributed by atoms with van der Waals surface area (Å²) in [4.78, 5) is 23.5. The van der Waals surface area contributed by atoms with Crippen molar-refractivity contribution >= 4 is 11.6 Å². The molecular formula is C14H20N4O2. The van der Waals surface area contributed by atoms with E-state index in [9.17, 15) is 9.59 Å². The summed E-state index contributed by atoms with van der Waals surface area (Å²) in [7, 11) is 0. The minimum absolute atomic E-state index is 0.00550. The minimum Gasteiger partial charge on any atom is -0.383 e. The molecule has 0 saturated heterocycles. The fourth-order valence-electron chi connectivity index (χ4n) is 2.01. The third-order valence-electron chi connectivity index (χ3n) is 3.74. The zero-order chi connectivity index (χ0) is 13.9. The summed E-state index contributed by atoms with van der Waals surface area (Å²) >= 11 is 0. The van der Waals surface area contributed by atoms with Gasteiger partial charge in [0.15, 0.2) is 0 Å². The standard InChI is InChI=1S/C14H20N4O2/c19-13(16-7-11-3-4-11)9-18-14(20)5-12(8-17-18)15-6-10-1-2-10/h5,8,10-11,15H,1-4,6-7,9H2,(H,16,19). The van der Waals surface area contributed by atoms with E-state index in [2.05, 4.69) is 15.7 Å². The van der Waals surface area contributed by atoms with Gasteiger partial charge in [0.05, 0.1) is 11.9 Å². The lowest BCUT2D eigenvalue weighted by Gasteiger charge is -2.08. The molecule has 0 aliphatic heterocycles. The van der Waals surface area contributed by atoms with Gasteiger partial charge in [0.1, 0.15) is 6.54 Å². The van der Waals surface area contributed by atoms with Crippen molar-refractivity contribution in [1.29, 1.82) is 0 Å². The van der Waals surface area contributed by atoms with Crippen LogP contribution in [-0.2, 0) is 11.3 Å². The second kappa shape index (κ2) is 5.64. The van der Waals surface area contributed by atoms with E-state index in [0.717, 1.165) is 18.2 Å². The van der Waals surface area contributed by atoms with Crippen molar-refractivity contribution in [2.24, 2.45) is 11.8 Å². The van der Waals surface area contributed by atoms with Gasteiger partial charge in [0.2, 0.25) is 5.91 Å². The maximum absolute atomic E-state index is 11.9. The van der Waals surface area contributed by atoms with Crippen LogP contribution in [0.4, 0.5) is 5.69 Å². The van der Waals surface area contributed by atoms with Crippen molar-refractivity contribution in [3.63, 3.8) is 0 Å². The summed E-state index contributed by atoms with van der Waals surface area (Å²) in [6.07, 6.45) is 6.52. The molecule has 3 rings (SSSR count). The number of carbonyl (C=O) groups excluding carboxylic acids is 1. The van der Waals surface area contributed by atoms with Crippen LogP contribution in [0, 0.1) is 11.8 Å². The minimum atomic E-state index is -0.243. The number of rotatable bonds is 7. The molecule has 6 heteroatoms. The van der Waals surface area contributed by atoms with Crippen molar-refractivity contribution in [3.8, 4) is 0 Å². The largest absolute Gasteiger partial charge is 0.383 e. The molecule has 0 unspecified atom stereocenters. The first kappa shape index (κ1) is 13.1. The van der Waals surface area contributed by atoms with E-state index in [1.165, 1.54) is 36.4 Å². The molecular weight excluding hydrogens is 256 g/mol. The van der Waals surface area contributed by atoms with E-state index in [0.29, 0.717) is 12.5 Å². The van der Waals surface area contributed by atoms with Gasteiger partial charge < -0.3 is 10.6 Å². The van der Waals surface area contributed by atoms with Crippen LogP contribution < -0.4 is 16.2 Å². The summed E-state index contributed by atoms with van der Waals surface area (Å²) in [5.74, 6) is 1.23. The number of amides is 1. The van der Waals surface area contributed by atoms with Gasteiger partial charge >= 0.3 is 0 Å². The summed E-state index contributed by atoms with van der Waals surface area (Å²) in [5.41, 5.74) is 0.490. The zero-order valence-electron chi connectivity index (χ0n) is 11.5.